The quantitative estimate of drug-likeness (QED) is 0.244. The highest BCUT2D eigenvalue weighted by Crippen LogP contribution is 2.37. The number of hydrogen-bond donors (Lipinski definition) is 2. The van der Waals surface area contributed by atoms with Crippen molar-refractivity contribution in [2.24, 2.45) is 5.73 Å². The molecule has 0 fully saturated rings. The number of ether oxygens (including phenoxy) is 1. The molecule has 1 aliphatic heterocycles. The van der Waals surface area contributed by atoms with E-state index < -0.39 is 20.0 Å². The Labute approximate surface area is 229 Å². The number of anilines is 1. The fourth-order valence-electron chi connectivity index (χ4n) is 4.74. The summed E-state index contributed by atoms with van der Waals surface area (Å²) in [5.41, 5.74) is 8.88. The van der Waals surface area contributed by atoms with Crippen LogP contribution < -0.4 is 14.5 Å². The van der Waals surface area contributed by atoms with Gasteiger partial charge in [0.05, 0.1) is 13.7 Å². The highest BCUT2D eigenvalue weighted by Gasteiger charge is 2.50. The first-order chi connectivity index (χ1) is 18.6. The summed E-state index contributed by atoms with van der Waals surface area (Å²) in [6, 6.07) is 20.1. The number of fused-ring (bicyclic) bond motifs is 1. The van der Waals surface area contributed by atoms with Gasteiger partial charge in [0.1, 0.15) is 10.7 Å². The smallest absolute Gasteiger partial charge is 0.419 e. The minimum Gasteiger partial charge on any atom is -0.419 e. The fourth-order valence-corrected chi connectivity index (χ4v) is 6.30. The maximum atomic E-state index is 13.8. The fraction of sp³-hybridized carbons (Fsp3) is 0.276. The summed E-state index contributed by atoms with van der Waals surface area (Å²) in [5, 5.41) is 7.51. The number of rotatable bonds is 8. The molecule has 0 aromatic heterocycles. The van der Waals surface area contributed by atoms with Crippen LogP contribution >= 0.6 is 0 Å². The second-order valence-corrected chi connectivity index (χ2v) is 11.6. The summed E-state index contributed by atoms with van der Waals surface area (Å²) in [5.74, 6) is -0.0462. The summed E-state index contributed by atoms with van der Waals surface area (Å²) >= 11 is 0. The summed E-state index contributed by atoms with van der Waals surface area (Å²) < 4.78 is 31.7. The number of nitrogens with zero attached hydrogens (tertiary/aromatic N) is 2. The van der Waals surface area contributed by atoms with Gasteiger partial charge in [0, 0.05) is 36.3 Å². The van der Waals surface area contributed by atoms with E-state index in [9.17, 15) is 18.0 Å². The molecular weight excluding hydrogens is 516 g/mol. The summed E-state index contributed by atoms with van der Waals surface area (Å²) in [7, 11) is -2.89. The van der Waals surface area contributed by atoms with E-state index in [0.717, 1.165) is 16.8 Å². The van der Waals surface area contributed by atoms with Gasteiger partial charge in [-0.05, 0) is 55.5 Å². The molecule has 1 unspecified atom stereocenters. The maximum Gasteiger partial charge on any atom is 0.537 e. The number of aryl methyl sites for hydroxylation is 2. The first-order valence-corrected chi connectivity index (χ1v) is 14.2. The number of carbonyl (C=O) groups is 2. The molecule has 1 heterocycles. The predicted octanol–water partition coefficient (Wildman–Crippen LogP) is 4.37. The molecule has 0 bridgehead atoms. The Kier molecular flexibility index (Phi) is 8.17. The van der Waals surface area contributed by atoms with Crippen LogP contribution in [-0.4, -0.2) is 46.5 Å². The number of amidine groups is 1. The Morgan fingerprint density at radius 3 is 2.38 bits per heavy atom. The molecule has 204 valence electrons. The van der Waals surface area contributed by atoms with Gasteiger partial charge in [-0.1, -0.05) is 46.4 Å². The van der Waals surface area contributed by atoms with Gasteiger partial charge in [0.15, 0.2) is 5.69 Å². The third-order valence-corrected chi connectivity index (χ3v) is 9.20. The number of quaternary nitrogens is 1. The van der Waals surface area contributed by atoms with E-state index in [-0.39, 0.29) is 28.9 Å². The van der Waals surface area contributed by atoms with Crippen molar-refractivity contribution in [2.45, 2.75) is 37.5 Å². The van der Waals surface area contributed by atoms with Gasteiger partial charge in [-0.15, -0.1) is 0 Å². The van der Waals surface area contributed by atoms with Crippen molar-refractivity contribution in [3.05, 3.63) is 89.5 Å². The molecule has 9 nitrogen and oxygen atoms in total. The van der Waals surface area contributed by atoms with Crippen molar-refractivity contribution in [3.8, 4) is 0 Å². The molecule has 0 radical (unpaired) electrons. The molecule has 3 aromatic rings. The zero-order valence-electron chi connectivity index (χ0n) is 22.1. The molecule has 0 saturated heterocycles. The van der Waals surface area contributed by atoms with Crippen LogP contribution in [0.3, 0.4) is 0 Å². The molecule has 10 heteroatoms. The van der Waals surface area contributed by atoms with Crippen LogP contribution in [0.25, 0.3) is 0 Å². The van der Waals surface area contributed by atoms with Gasteiger partial charge < -0.3 is 15.4 Å². The second-order valence-electron chi connectivity index (χ2n) is 9.48. The van der Waals surface area contributed by atoms with Gasteiger partial charge in [0.25, 0.3) is 0 Å². The lowest BCUT2D eigenvalue weighted by atomic mass is 9.99. The van der Waals surface area contributed by atoms with E-state index in [0.29, 0.717) is 37.8 Å². The van der Waals surface area contributed by atoms with E-state index in [1.54, 1.807) is 60.4 Å². The van der Waals surface area contributed by atoms with Crippen molar-refractivity contribution in [3.63, 3.8) is 0 Å². The summed E-state index contributed by atoms with van der Waals surface area (Å²) in [4.78, 5) is 28.2. The lowest BCUT2D eigenvalue weighted by molar-refractivity contribution is -0.118. The maximum absolute atomic E-state index is 13.8. The minimum atomic E-state index is -4.22. The van der Waals surface area contributed by atoms with Crippen LogP contribution in [0.4, 0.5) is 16.2 Å². The van der Waals surface area contributed by atoms with Crippen LogP contribution in [0.2, 0.25) is 0 Å². The van der Waals surface area contributed by atoms with Crippen LogP contribution in [0.1, 0.15) is 36.5 Å². The van der Waals surface area contributed by atoms with Gasteiger partial charge in [0.2, 0.25) is 5.91 Å². The van der Waals surface area contributed by atoms with E-state index in [4.69, 9.17) is 15.9 Å². The highest BCUT2D eigenvalue weighted by molar-refractivity contribution is 7.91. The topological polar surface area (TPSA) is 131 Å². The Morgan fingerprint density at radius 1 is 1.05 bits per heavy atom. The normalized spacial score (nSPS) is 14.7. The average Bonchev–Trinajstić information content (AvgIpc) is 2.95. The average molecular weight is 550 g/mol. The number of nitrogens with two attached hydrogens (primary N) is 1. The lowest BCUT2D eigenvalue weighted by Crippen LogP contribution is -2.55. The monoisotopic (exact) mass is 549 g/mol. The van der Waals surface area contributed by atoms with Crippen molar-refractivity contribution in [2.75, 3.05) is 25.1 Å². The van der Waals surface area contributed by atoms with Crippen molar-refractivity contribution in [1.82, 2.24) is 3.89 Å². The summed E-state index contributed by atoms with van der Waals surface area (Å²) in [6.07, 6.45) is 1.28. The van der Waals surface area contributed by atoms with Crippen LogP contribution in [-0.2, 0) is 32.4 Å². The Bertz CT molecular complexity index is 1490. The van der Waals surface area contributed by atoms with Gasteiger partial charge in [-0.25, -0.2) is 0 Å². The van der Waals surface area contributed by atoms with E-state index >= 15 is 0 Å². The van der Waals surface area contributed by atoms with E-state index in [2.05, 4.69) is 0 Å². The molecule has 0 spiro atoms. The highest BCUT2D eigenvalue weighted by atomic mass is 32.2. The molecule has 4 rings (SSSR count). The Balaban J connectivity index is 1.63. The second kappa shape index (κ2) is 11.4. The number of nitrogen functional groups attached to an aromatic ring is 1. The van der Waals surface area contributed by atoms with Gasteiger partial charge in [-0.3, -0.25) is 10.2 Å². The summed E-state index contributed by atoms with van der Waals surface area (Å²) in [6.45, 7) is 2.22. The third kappa shape index (κ3) is 5.43. The molecule has 1 atom stereocenters. The largest absolute Gasteiger partial charge is 0.537 e. The van der Waals surface area contributed by atoms with Crippen LogP contribution in [0, 0.1) is 5.41 Å². The molecule has 1 aliphatic rings. The zero-order valence-corrected chi connectivity index (χ0v) is 22.9. The van der Waals surface area contributed by atoms with Gasteiger partial charge in [-0.2, -0.15) is 13.2 Å². The standard InChI is InChI=1S/C29H33N4O5S/c1-3-38-29(35)33(2,39(36,37)25-9-5-4-6-10-25)24-16-17-26-23(20-24)8-7-19-32(26)27(34)18-13-21-11-14-22(15-12-21)28(30)31/h4-6,9-12,14-17,20H,3,7-8,13,18-19H2,1-2H3,(H3,30,31)/q+1. The number of carbonyl (C=O) groups excluding carboxylic acids is 2. The first-order valence-electron chi connectivity index (χ1n) is 12.8. The third-order valence-electron chi connectivity index (χ3n) is 7.01. The molecule has 3 aromatic carbocycles. The van der Waals surface area contributed by atoms with Crippen molar-refractivity contribution < 1.29 is 22.7 Å². The first kappa shape index (κ1) is 28.0. The predicted molar refractivity (Wildman–Crippen MR) is 151 cm³/mol. The SMILES string of the molecule is CCOC(=O)[N+](C)(c1ccc2c(c1)CCCN2C(=O)CCc1ccc(C(=N)N)cc1)S(=O)(=O)c1ccccc1. The molecule has 39 heavy (non-hydrogen) atoms. The number of nitrogens with one attached hydrogen (secondary N) is 1. The number of amides is 2. The van der Waals surface area contributed by atoms with Gasteiger partial charge >= 0.3 is 16.1 Å². The molecule has 2 amide bonds. The van der Waals surface area contributed by atoms with Crippen molar-refractivity contribution in [1.29, 1.82) is 5.41 Å². The minimum absolute atomic E-state index is 0.00355. The molecule has 0 saturated carbocycles. The van der Waals surface area contributed by atoms with Crippen molar-refractivity contribution >= 4 is 39.2 Å². The molecule has 3 N–H and O–H groups in total. The molecule has 0 aliphatic carbocycles. The Morgan fingerprint density at radius 2 is 1.74 bits per heavy atom. The molecular formula is C29H33N4O5S+. The number of hydrogen-bond acceptors (Lipinski definition) is 6. The number of sulfonamides is 1. The number of benzene rings is 3. The van der Waals surface area contributed by atoms with Crippen LogP contribution in [0.15, 0.2) is 77.7 Å². The van der Waals surface area contributed by atoms with E-state index in [1.165, 1.54) is 19.2 Å². The van der Waals surface area contributed by atoms with Crippen LogP contribution in [0.5, 0.6) is 0 Å². The lowest BCUT2D eigenvalue weighted by Gasteiger charge is -2.32. The Hall–Kier alpha value is -4.02. The van der Waals surface area contributed by atoms with E-state index in [1.807, 2.05) is 12.1 Å². The zero-order chi connectivity index (χ0) is 28.2.